The van der Waals surface area contributed by atoms with Crippen molar-refractivity contribution in [3.63, 3.8) is 0 Å². The van der Waals surface area contributed by atoms with E-state index in [0.29, 0.717) is 24.5 Å². The minimum Gasteiger partial charge on any atom is -0.493 e. The Morgan fingerprint density at radius 3 is 2.94 bits per heavy atom. The Morgan fingerprint density at radius 1 is 1.50 bits per heavy atom. The van der Waals surface area contributed by atoms with Crippen molar-refractivity contribution < 1.29 is 23.8 Å². The van der Waals surface area contributed by atoms with Crippen molar-refractivity contribution in [1.82, 2.24) is 5.48 Å². The van der Waals surface area contributed by atoms with E-state index in [4.69, 9.17) is 19.4 Å². The summed E-state index contributed by atoms with van der Waals surface area (Å²) in [5.41, 5.74) is 2.41. The minimum absolute atomic E-state index is 0.0470. The first-order chi connectivity index (χ1) is 7.77. The van der Waals surface area contributed by atoms with Crippen molar-refractivity contribution in [2.24, 2.45) is 0 Å². The zero-order chi connectivity index (χ0) is 11.5. The molecule has 2 N–H and O–H groups in total. The molecule has 0 atom stereocenters. The normalized spacial score (nSPS) is 13.7. The number of benzene rings is 1. The first-order valence-corrected chi connectivity index (χ1v) is 4.80. The highest BCUT2D eigenvalue weighted by Gasteiger charge is 2.23. The zero-order valence-corrected chi connectivity index (χ0v) is 8.75. The molecule has 16 heavy (non-hydrogen) atoms. The van der Waals surface area contributed by atoms with Crippen LogP contribution < -0.4 is 19.7 Å². The molecule has 88 valence electrons. The van der Waals surface area contributed by atoms with Crippen LogP contribution in [-0.4, -0.2) is 25.5 Å². The third-order valence-electron chi connectivity index (χ3n) is 2.28. The Bertz CT molecular complexity index is 397. The number of methoxy groups -OCH3 is 1. The fourth-order valence-corrected chi connectivity index (χ4v) is 1.62. The second-order valence-electron chi connectivity index (χ2n) is 3.24. The van der Waals surface area contributed by atoms with Gasteiger partial charge in [-0.05, 0) is 6.07 Å². The van der Waals surface area contributed by atoms with Crippen LogP contribution in [0.2, 0.25) is 0 Å². The fourth-order valence-electron chi connectivity index (χ4n) is 1.62. The molecule has 1 aromatic rings. The minimum atomic E-state index is -0.607. The Balaban J connectivity index is 2.50. The molecule has 0 spiro atoms. The number of hydrogen-bond acceptors (Lipinski definition) is 5. The van der Waals surface area contributed by atoms with Crippen molar-refractivity contribution in [2.75, 3.05) is 20.3 Å². The average Bonchev–Trinajstić information content (AvgIpc) is 2.30. The highest BCUT2D eigenvalue weighted by atomic mass is 19.1. The lowest BCUT2D eigenvalue weighted by molar-refractivity contribution is 0.153. The summed E-state index contributed by atoms with van der Waals surface area (Å²) < 4.78 is 29.3. The molecule has 1 aromatic carbocycles. The standard InChI is InChI=1S/C10H12FNO4/c1-14-9-6(5-12-13)4-7-10(8(9)11)16-3-2-15-7/h4,12-13H,2-3,5H2,1H3. The maximum atomic E-state index is 13.9. The van der Waals surface area contributed by atoms with E-state index in [0.717, 1.165) is 0 Å². The van der Waals surface area contributed by atoms with Gasteiger partial charge in [0.05, 0.1) is 7.11 Å². The summed E-state index contributed by atoms with van der Waals surface area (Å²) in [6.07, 6.45) is 0. The molecule has 0 aromatic heterocycles. The summed E-state index contributed by atoms with van der Waals surface area (Å²) in [5, 5.41) is 8.63. The number of hydrogen-bond donors (Lipinski definition) is 2. The molecule has 1 aliphatic rings. The molecule has 0 saturated carbocycles. The monoisotopic (exact) mass is 229 g/mol. The number of halogens is 1. The van der Waals surface area contributed by atoms with Crippen LogP contribution in [0.15, 0.2) is 6.07 Å². The Hall–Kier alpha value is -1.53. The molecule has 1 heterocycles. The largest absolute Gasteiger partial charge is 0.493 e. The topological polar surface area (TPSA) is 60.0 Å². The smallest absolute Gasteiger partial charge is 0.211 e. The molecule has 0 saturated heterocycles. The Kier molecular flexibility index (Phi) is 3.12. The average molecular weight is 229 g/mol. The molecule has 0 bridgehead atoms. The molecule has 0 unspecified atom stereocenters. The van der Waals surface area contributed by atoms with Crippen LogP contribution in [-0.2, 0) is 6.54 Å². The molecule has 0 aliphatic carbocycles. The lowest BCUT2D eigenvalue weighted by Crippen LogP contribution is -2.18. The number of hydroxylamine groups is 1. The summed E-state index contributed by atoms with van der Waals surface area (Å²) in [4.78, 5) is 0. The van der Waals surface area contributed by atoms with Crippen molar-refractivity contribution in [2.45, 2.75) is 6.54 Å². The third kappa shape index (κ3) is 1.77. The van der Waals surface area contributed by atoms with Gasteiger partial charge in [-0.15, -0.1) is 0 Å². The quantitative estimate of drug-likeness (QED) is 0.759. The molecule has 5 nitrogen and oxygen atoms in total. The summed E-state index contributed by atoms with van der Waals surface area (Å²) in [7, 11) is 1.36. The Morgan fingerprint density at radius 2 is 2.25 bits per heavy atom. The van der Waals surface area contributed by atoms with E-state index in [9.17, 15) is 4.39 Å². The predicted molar refractivity (Wildman–Crippen MR) is 52.6 cm³/mol. The fraction of sp³-hybridized carbons (Fsp3) is 0.400. The zero-order valence-electron chi connectivity index (χ0n) is 8.75. The van der Waals surface area contributed by atoms with Gasteiger partial charge < -0.3 is 19.4 Å². The second kappa shape index (κ2) is 4.54. The van der Waals surface area contributed by atoms with E-state index in [-0.39, 0.29) is 18.0 Å². The number of nitrogens with one attached hydrogen (secondary N) is 1. The number of fused-ring (bicyclic) bond motifs is 1. The van der Waals surface area contributed by atoms with Crippen LogP contribution in [0.1, 0.15) is 5.56 Å². The van der Waals surface area contributed by atoms with Gasteiger partial charge in [0.2, 0.25) is 11.6 Å². The van der Waals surface area contributed by atoms with Gasteiger partial charge in [0.1, 0.15) is 13.2 Å². The van der Waals surface area contributed by atoms with Gasteiger partial charge in [0.15, 0.2) is 11.5 Å². The highest BCUT2D eigenvalue weighted by molar-refractivity contribution is 5.52. The molecule has 0 radical (unpaired) electrons. The molecule has 0 fully saturated rings. The van der Waals surface area contributed by atoms with E-state index < -0.39 is 5.82 Å². The lowest BCUT2D eigenvalue weighted by Gasteiger charge is -2.21. The van der Waals surface area contributed by atoms with Gasteiger partial charge in [-0.1, -0.05) is 0 Å². The van der Waals surface area contributed by atoms with E-state index in [1.54, 1.807) is 6.07 Å². The van der Waals surface area contributed by atoms with Crippen molar-refractivity contribution in [3.05, 3.63) is 17.4 Å². The first-order valence-electron chi connectivity index (χ1n) is 4.80. The van der Waals surface area contributed by atoms with Crippen molar-refractivity contribution in [1.29, 1.82) is 0 Å². The van der Waals surface area contributed by atoms with Crippen LogP contribution in [0.5, 0.6) is 17.2 Å². The van der Waals surface area contributed by atoms with Crippen LogP contribution in [0.4, 0.5) is 4.39 Å². The summed E-state index contributed by atoms with van der Waals surface area (Å²) in [5.74, 6) is -0.171. The number of rotatable bonds is 3. The predicted octanol–water partition coefficient (Wildman–Crippen LogP) is 1.08. The second-order valence-corrected chi connectivity index (χ2v) is 3.24. The van der Waals surface area contributed by atoms with E-state index in [1.807, 2.05) is 5.48 Å². The molecule has 0 amide bonds. The summed E-state index contributed by atoms with van der Waals surface area (Å²) >= 11 is 0. The van der Waals surface area contributed by atoms with Gasteiger partial charge >= 0.3 is 0 Å². The SMILES string of the molecule is COc1c(CNO)cc2c(c1F)OCCO2. The van der Waals surface area contributed by atoms with E-state index >= 15 is 0 Å². The van der Waals surface area contributed by atoms with Crippen molar-refractivity contribution >= 4 is 0 Å². The summed E-state index contributed by atoms with van der Waals surface area (Å²) in [6, 6.07) is 1.58. The van der Waals surface area contributed by atoms with Crippen LogP contribution >= 0.6 is 0 Å². The first kappa shape index (κ1) is 11.0. The van der Waals surface area contributed by atoms with Crippen LogP contribution in [0.3, 0.4) is 0 Å². The molecule has 6 heteroatoms. The van der Waals surface area contributed by atoms with Gasteiger partial charge in [-0.3, -0.25) is 0 Å². The maximum absolute atomic E-state index is 13.9. The third-order valence-corrected chi connectivity index (χ3v) is 2.28. The van der Waals surface area contributed by atoms with Crippen LogP contribution in [0, 0.1) is 5.82 Å². The maximum Gasteiger partial charge on any atom is 0.211 e. The molecular formula is C10H12FNO4. The van der Waals surface area contributed by atoms with Crippen molar-refractivity contribution in [3.8, 4) is 17.2 Å². The highest BCUT2D eigenvalue weighted by Crippen LogP contribution is 2.40. The summed E-state index contributed by atoms with van der Waals surface area (Å²) in [6.45, 7) is 0.756. The Labute approximate surface area is 91.7 Å². The molecule has 1 aliphatic heterocycles. The molecular weight excluding hydrogens is 217 g/mol. The van der Waals surface area contributed by atoms with E-state index in [2.05, 4.69) is 0 Å². The number of ether oxygens (including phenoxy) is 3. The lowest BCUT2D eigenvalue weighted by atomic mass is 10.1. The van der Waals surface area contributed by atoms with Gasteiger partial charge in [-0.25, -0.2) is 5.48 Å². The van der Waals surface area contributed by atoms with Crippen LogP contribution in [0.25, 0.3) is 0 Å². The van der Waals surface area contributed by atoms with Gasteiger partial charge in [0.25, 0.3) is 0 Å². The van der Waals surface area contributed by atoms with Gasteiger partial charge in [0, 0.05) is 12.1 Å². The van der Waals surface area contributed by atoms with E-state index in [1.165, 1.54) is 7.11 Å². The molecule has 2 rings (SSSR count). The van der Waals surface area contributed by atoms with Gasteiger partial charge in [-0.2, -0.15) is 4.39 Å².